The van der Waals surface area contributed by atoms with E-state index in [0.29, 0.717) is 4.47 Å². The first-order chi connectivity index (χ1) is 8.15. The molecule has 1 saturated carbocycles. The second-order valence-corrected chi connectivity index (χ2v) is 5.50. The molecule has 0 spiro atoms. The van der Waals surface area contributed by atoms with E-state index in [-0.39, 0.29) is 11.6 Å². The molecule has 0 radical (unpaired) electrons. The zero-order chi connectivity index (χ0) is 12.4. The van der Waals surface area contributed by atoms with Gasteiger partial charge in [0.1, 0.15) is 4.47 Å². The predicted molar refractivity (Wildman–Crippen MR) is 70.3 cm³/mol. The van der Waals surface area contributed by atoms with E-state index in [4.69, 9.17) is 0 Å². The number of nitrogens with one attached hydrogen (secondary N) is 1. The Morgan fingerprint density at radius 2 is 2.12 bits per heavy atom. The number of hydrogen-bond acceptors (Lipinski definition) is 2. The molecule has 0 aromatic carbocycles. The van der Waals surface area contributed by atoms with Gasteiger partial charge in [-0.05, 0) is 35.2 Å². The molecule has 0 saturated heterocycles. The molecule has 1 fully saturated rings. The van der Waals surface area contributed by atoms with Crippen LogP contribution in [0.15, 0.2) is 9.27 Å². The molecule has 1 aliphatic rings. The minimum absolute atomic E-state index is 0.0483. The van der Waals surface area contributed by atoms with Crippen LogP contribution in [0.25, 0.3) is 0 Å². The molecule has 96 valence electrons. The van der Waals surface area contributed by atoms with Crippen LogP contribution < -0.4 is 5.56 Å². The van der Waals surface area contributed by atoms with Gasteiger partial charge in [0.15, 0.2) is 0 Å². The van der Waals surface area contributed by atoms with Crippen molar-refractivity contribution in [3.05, 3.63) is 20.5 Å². The molecule has 4 nitrogen and oxygen atoms in total. The minimum atomic E-state index is -0.412. The van der Waals surface area contributed by atoms with Gasteiger partial charge in [0.2, 0.25) is 0 Å². The highest BCUT2D eigenvalue weighted by Gasteiger charge is 2.26. The van der Waals surface area contributed by atoms with Crippen molar-refractivity contribution in [2.45, 2.75) is 57.6 Å². The molecule has 2 unspecified atom stereocenters. The predicted octanol–water partition coefficient (Wildman–Crippen LogP) is 2.37. The summed E-state index contributed by atoms with van der Waals surface area (Å²) in [5.41, 5.74) is 0.860. The molecule has 1 heterocycles. The van der Waals surface area contributed by atoms with Gasteiger partial charge < -0.3 is 5.11 Å². The Kier molecular flexibility index (Phi) is 4.09. The van der Waals surface area contributed by atoms with Gasteiger partial charge in [0, 0.05) is 0 Å². The van der Waals surface area contributed by atoms with E-state index in [2.05, 4.69) is 21.0 Å². The maximum Gasteiger partial charge on any atom is 0.281 e. The van der Waals surface area contributed by atoms with Gasteiger partial charge in [-0.3, -0.25) is 9.89 Å². The lowest BCUT2D eigenvalue weighted by atomic mass is 10.1. The largest absolute Gasteiger partial charge is 0.391 e. The third-order valence-corrected chi connectivity index (χ3v) is 4.37. The average Bonchev–Trinajstić information content (AvgIpc) is 2.51. The summed E-state index contributed by atoms with van der Waals surface area (Å²) in [7, 11) is 0. The van der Waals surface area contributed by atoms with E-state index in [9.17, 15) is 9.90 Å². The number of aromatic nitrogens is 2. The van der Waals surface area contributed by atoms with Gasteiger partial charge in [0.05, 0.1) is 17.8 Å². The van der Waals surface area contributed by atoms with E-state index in [1.54, 1.807) is 4.68 Å². The fourth-order valence-electron chi connectivity index (χ4n) is 2.52. The van der Waals surface area contributed by atoms with E-state index in [1.807, 2.05) is 6.92 Å². The third-order valence-electron chi connectivity index (χ3n) is 3.56. The quantitative estimate of drug-likeness (QED) is 0.824. The van der Waals surface area contributed by atoms with E-state index in [0.717, 1.165) is 44.2 Å². The number of aromatic amines is 1. The molecule has 5 heteroatoms. The first kappa shape index (κ1) is 12.9. The summed E-state index contributed by atoms with van der Waals surface area (Å²) in [6, 6.07) is -0.0957. The lowest BCUT2D eigenvalue weighted by molar-refractivity contribution is 0.0971. The summed E-state index contributed by atoms with van der Waals surface area (Å²) in [6.07, 6.45) is 5.30. The number of nitrogens with zero attached hydrogens (tertiary/aromatic N) is 1. The fraction of sp³-hybridized carbons (Fsp3) is 0.750. The maximum atomic E-state index is 12.1. The van der Waals surface area contributed by atoms with Crippen molar-refractivity contribution in [1.29, 1.82) is 0 Å². The number of aliphatic hydroxyl groups is 1. The Morgan fingerprint density at radius 3 is 2.76 bits per heavy atom. The van der Waals surface area contributed by atoms with Crippen molar-refractivity contribution in [2.24, 2.45) is 0 Å². The third kappa shape index (κ3) is 2.50. The Bertz CT molecular complexity index is 438. The van der Waals surface area contributed by atoms with E-state index < -0.39 is 6.10 Å². The molecule has 2 rings (SSSR count). The molecule has 1 aliphatic carbocycles. The molecule has 0 aliphatic heterocycles. The lowest BCUT2D eigenvalue weighted by Gasteiger charge is -2.20. The van der Waals surface area contributed by atoms with Crippen molar-refractivity contribution in [2.75, 3.05) is 0 Å². The van der Waals surface area contributed by atoms with Crippen molar-refractivity contribution >= 4 is 15.9 Å². The normalized spacial score (nSPS) is 25.8. The number of rotatable bonds is 2. The Labute approximate surface area is 109 Å². The van der Waals surface area contributed by atoms with Gasteiger partial charge in [-0.25, -0.2) is 4.68 Å². The van der Waals surface area contributed by atoms with E-state index in [1.165, 1.54) is 0 Å². The Hall–Kier alpha value is -0.550. The summed E-state index contributed by atoms with van der Waals surface area (Å²) >= 11 is 3.32. The number of H-pyrrole nitrogens is 1. The van der Waals surface area contributed by atoms with Gasteiger partial charge in [-0.2, -0.15) is 0 Å². The highest BCUT2D eigenvalue weighted by molar-refractivity contribution is 9.10. The lowest BCUT2D eigenvalue weighted by Crippen LogP contribution is -2.31. The fourth-order valence-corrected chi connectivity index (χ4v) is 3.08. The first-order valence-corrected chi connectivity index (χ1v) is 7.11. The molecule has 2 atom stereocenters. The highest BCUT2D eigenvalue weighted by atomic mass is 79.9. The standard InChI is InChI=1S/C12H19BrN2O2/c1-2-8-11(13)12(17)15(14-8)9-6-4-3-5-7-10(9)16/h9-10,14,16H,2-7H2,1H3. The topological polar surface area (TPSA) is 58.0 Å². The number of halogens is 1. The van der Waals surface area contributed by atoms with Gasteiger partial charge in [0.25, 0.3) is 5.56 Å². The minimum Gasteiger partial charge on any atom is -0.391 e. The molecule has 1 aromatic rings. The van der Waals surface area contributed by atoms with Gasteiger partial charge in [-0.15, -0.1) is 0 Å². The summed E-state index contributed by atoms with van der Waals surface area (Å²) in [5, 5.41) is 13.2. The average molecular weight is 303 g/mol. The summed E-state index contributed by atoms with van der Waals surface area (Å²) in [4.78, 5) is 12.1. The molecule has 17 heavy (non-hydrogen) atoms. The first-order valence-electron chi connectivity index (χ1n) is 6.32. The van der Waals surface area contributed by atoms with Crippen LogP contribution in [0.5, 0.6) is 0 Å². The maximum absolute atomic E-state index is 12.1. The zero-order valence-corrected chi connectivity index (χ0v) is 11.7. The van der Waals surface area contributed by atoms with Crippen molar-refractivity contribution in [1.82, 2.24) is 9.78 Å². The van der Waals surface area contributed by atoms with Gasteiger partial charge >= 0.3 is 0 Å². The van der Waals surface area contributed by atoms with Crippen molar-refractivity contribution in [3.8, 4) is 0 Å². The van der Waals surface area contributed by atoms with Crippen LogP contribution in [-0.2, 0) is 6.42 Å². The van der Waals surface area contributed by atoms with Crippen LogP contribution in [0.3, 0.4) is 0 Å². The van der Waals surface area contributed by atoms with Crippen LogP contribution >= 0.6 is 15.9 Å². The van der Waals surface area contributed by atoms with Gasteiger partial charge in [-0.1, -0.05) is 26.2 Å². The zero-order valence-electron chi connectivity index (χ0n) is 10.1. The smallest absolute Gasteiger partial charge is 0.281 e. The summed E-state index contributed by atoms with van der Waals surface area (Å²) in [6.45, 7) is 2.00. The van der Waals surface area contributed by atoms with Crippen LogP contribution in [-0.4, -0.2) is 21.0 Å². The van der Waals surface area contributed by atoms with Crippen LogP contribution in [0.1, 0.15) is 50.8 Å². The Morgan fingerprint density at radius 1 is 1.41 bits per heavy atom. The van der Waals surface area contributed by atoms with Crippen molar-refractivity contribution < 1.29 is 5.11 Å². The highest BCUT2D eigenvalue weighted by Crippen LogP contribution is 2.27. The second-order valence-electron chi connectivity index (χ2n) is 4.71. The molecular formula is C12H19BrN2O2. The number of aliphatic hydroxyl groups excluding tert-OH is 1. The summed E-state index contributed by atoms with van der Waals surface area (Å²) in [5.74, 6) is 0. The summed E-state index contributed by atoms with van der Waals surface area (Å²) < 4.78 is 2.22. The van der Waals surface area contributed by atoms with Crippen LogP contribution in [0, 0.1) is 0 Å². The molecule has 2 N–H and O–H groups in total. The van der Waals surface area contributed by atoms with Crippen LogP contribution in [0.2, 0.25) is 0 Å². The molecule has 1 aromatic heterocycles. The molecule has 0 bridgehead atoms. The van der Waals surface area contributed by atoms with E-state index >= 15 is 0 Å². The monoisotopic (exact) mass is 302 g/mol. The molecular weight excluding hydrogens is 284 g/mol. The second kappa shape index (κ2) is 5.40. The number of aryl methyl sites for hydroxylation is 1. The Balaban J connectivity index is 2.35. The SMILES string of the molecule is CCc1[nH]n(C2CCCCCC2O)c(=O)c1Br. The van der Waals surface area contributed by atoms with Crippen molar-refractivity contribution in [3.63, 3.8) is 0 Å². The molecule has 0 amide bonds. The number of hydrogen-bond donors (Lipinski definition) is 2. The van der Waals surface area contributed by atoms with Crippen LogP contribution in [0.4, 0.5) is 0 Å².